The summed E-state index contributed by atoms with van der Waals surface area (Å²) in [7, 11) is 0. The number of nitrogens with one attached hydrogen (secondary N) is 1. The highest BCUT2D eigenvalue weighted by Gasteiger charge is 2.17. The van der Waals surface area contributed by atoms with Crippen LogP contribution in [0.1, 0.15) is 35.3 Å². The van der Waals surface area contributed by atoms with Crippen molar-refractivity contribution in [2.75, 3.05) is 0 Å². The van der Waals surface area contributed by atoms with Crippen LogP contribution < -0.4 is 5.32 Å². The first-order valence-corrected chi connectivity index (χ1v) is 8.38. The van der Waals surface area contributed by atoms with E-state index in [1.807, 2.05) is 66.7 Å². The Hall–Kier alpha value is -2.42. The average Bonchev–Trinajstić information content (AvgIpc) is 2.67. The Labute approximate surface area is 143 Å². The molecular weight excluding hydrogens is 294 g/mol. The Balaban J connectivity index is 1.72. The molecule has 0 radical (unpaired) electrons. The largest absolute Gasteiger partial charge is 0.388 e. The van der Waals surface area contributed by atoms with Gasteiger partial charge in [-0.05, 0) is 23.1 Å². The minimum atomic E-state index is -0.486. The van der Waals surface area contributed by atoms with Crippen LogP contribution in [0.25, 0.3) is 0 Å². The van der Waals surface area contributed by atoms with Gasteiger partial charge in [0.25, 0.3) is 0 Å². The van der Waals surface area contributed by atoms with E-state index in [0.717, 1.165) is 12.1 Å². The first-order chi connectivity index (χ1) is 11.8. The molecular formula is C22H23NO. The van der Waals surface area contributed by atoms with Crippen molar-refractivity contribution in [3.8, 4) is 0 Å². The number of benzene rings is 3. The second kappa shape index (κ2) is 8.44. The van der Waals surface area contributed by atoms with E-state index >= 15 is 0 Å². The number of aliphatic hydroxyl groups is 1. The van der Waals surface area contributed by atoms with Crippen molar-refractivity contribution in [1.29, 1.82) is 0 Å². The predicted octanol–water partition coefficient (Wildman–Crippen LogP) is 4.64. The van der Waals surface area contributed by atoms with Crippen LogP contribution in [-0.2, 0) is 6.54 Å². The molecule has 0 bridgehead atoms. The molecule has 2 N–H and O–H groups in total. The lowest BCUT2D eigenvalue weighted by Crippen LogP contribution is -2.23. The summed E-state index contributed by atoms with van der Waals surface area (Å²) >= 11 is 0. The third kappa shape index (κ3) is 4.54. The molecule has 0 aliphatic rings. The van der Waals surface area contributed by atoms with Gasteiger partial charge in [0, 0.05) is 12.6 Å². The van der Waals surface area contributed by atoms with Crippen molar-refractivity contribution in [2.24, 2.45) is 0 Å². The van der Waals surface area contributed by atoms with Gasteiger partial charge in [-0.3, -0.25) is 0 Å². The molecule has 2 nitrogen and oxygen atoms in total. The molecule has 0 unspecified atom stereocenters. The average molecular weight is 317 g/mol. The molecule has 3 aromatic carbocycles. The van der Waals surface area contributed by atoms with Gasteiger partial charge >= 0.3 is 0 Å². The third-order valence-electron chi connectivity index (χ3n) is 4.24. The quantitative estimate of drug-likeness (QED) is 0.665. The summed E-state index contributed by atoms with van der Waals surface area (Å²) in [6.45, 7) is 0.780. The van der Waals surface area contributed by atoms with Crippen LogP contribution in [0.4, 0.5) is 0 Å². The number of hydrogen-bond donors (Lipinski definition) is 2. The maximum atomic E-state index is 10.6. The van der Waals surface area contributed by atoms with Crippen molar-refractivity contribution in [2.45, 2.75) is 25.1 Å². The van der Waals surface area contributed by atoms with Crippen molar-refractivity contribution in [3.05, 3.63) is 108 Å². The van der Waals surface area contributed by atoms with Gasteiger partial charge in [0.05, 0.1) is 6.10 Å². The van der Waals surface area contributed by atoms with Crippen molar-refractivity contribution in [3.63, 3.8) is 0 Å². The van der Waals surface area contributed by atoms with E-state index in [2.05, 4.69) is 29.6 Å². The van der Waals surface area contributed by atoms with E-state index in [1.165, 1.54) is 11.1 Å². The smallest absolute Gasteiger partial charge is 0.0808 e. The molecule has 3 aromatic rings. The SMILES string of the molecule is O[C@@H](C[C@H](NCc1ccccc1)c1ccccc1)c1ccccc1. The van der Waals surface area contributed by atoms with Gasteiger partial charge in [-0.2, -0.15) is 0 Å². The fraction of sp³-hybridized carbons (Fsp3) is 0.182. The zero-order chi connectivity index (χ0) is 16.6. The van der Waals surface area contributed by atoms with Gasteiger partial charge in [-0.25, -0.2) is 0 Å². The van der Waals surface area contributed by atoms with E-state index in [-0.39, 0.29) is 6.04 Å². The van der Waals surface area contributed by atoms with Gasteiger partial charge in [-0.15, -0.1) is 0 Å². The molecule has 24 heavy (non-hydrogen) atoms. The molecule has 122 valence electrons. The monoisotopic (exact) mass is 317 g/mol. The van der Waals surface area contributed by atoms with Gasteiger partial charge < -0.3 is 10.4 Å². The molecule has 0 aliphatic carbocycles. The molecule has 2 heteroatoms. The van der Waals surface area contributed by atoms with Crippen LogP contribution >= 0.6 is 0 Å². The Morgan fingerprint density at radius 1 is 0.667 bits per heavy atom. The van der Waals surface area contributed by atoms with Crippen LogP contribution in [0.15, 0.2) is 91.0 Å². The normalized spacial score (nSPS) is 13.4. The van der Waals surface area contributed by atoms with Crippen LogP contribution in [0.2, 0.25) is 0 Å². The van der Waals surface area contributed by atoms with Crippen molar-refractivity contribution < 1.29 is 5.11 Å². The zero-order valence-electron chi connectivity index (χ0n) is 13.7. The Morgan fingerprint density at radius 2 is 1.17 bits per heavy atom. The van der Waals surface area contributed by atoms with Gasteiger partial charge in [0.1, 0.15) is 0 Å². The second-order valence-electron chi connectivity index (χ2n) is 5.99. The fourth-order valence-electron chi connectivity index (χ4n) is 2.89. The van der Waals surface area contributed by atoms with Crippen LogP contribution in [-0.4, -0.2) is 5.11 Å². The predicted molar refractivity (Wildman–Crippen MR) is 98.5 cm³/mol. The molecule has 0 saturated heterocycles. The summed E-state index contributed by atoms with van der Waals surface area (Å²) in [4.78, 5) is 0. The topological polar surface area (TPSA) is 32.3 Å². The lowest BCUT2D eigenvalue weighted by atomic mass is 9.96. The van der Waals surface area contributed by atoms with Crippen molar-refractivity contribution in [1.82, 2.24) is 5.32 Å². The molecule has 0 spiro atoms. The van der Waals surface area contributed by atoms with Gasteiger partial charge in [-0.1, -0.05) is 91.0 Å². The number of rotatable bonds is 7. The molecule has 0 heterocycles. The summed E-state index contributed by atoms with van der Waals surface area (Å²) in [6.07, 6.45) is 0.153. The van der Waals surface area contributed by atoms with Gasteiger partial charge in [0.15, 0.2) is 0 Å². The fourth-order valence-corrected chi connectivity index (χ4v) is 2.89. The molecule has 3 rings (SSSR count). The Kier molecular flexibility index (Phi) is 5.78. The summed E-state index contributed by atoms with van der Waals surface area (Å²) in [5.74, 6) is 0. The molecule has 0 saturated carbocycles. The zero-order valence-corrected chi connectivity index (χ0v) is 13.7. The summed E-state index contributed by atoms with van der Waals surface area (Å²) in [5.41, 5.74) is 3.40. The van der Waals surface area contributed by atoms with E-state index in [9.17, 15) is 5.11 Å². The summed E-state index contributed by atoms with van der Waals surface area (Å²) in [5, 5.41) is 14.2. The highest BCUT2D eigenvalue weighted by atomic mass is 16.3. The highest BCUT2D eigenvalue weighted by Crippen LogP contribution is 2.26. The minimum Gasteiger partial charge on any atom is -0.388 e. The van der Waals surface area contributed by atoms with Gasteiger partial charge in [0.2, 0.25) is 0 Å². The van der Waals surface area contributed by atoms with Crippen LogP contribution in [0.3, 0.4) is 0 Å². The molecule has 0 fully saturated rings. The van der Waals surface area contributed by atoms with E-state index in [1.54, 1.807) is 0 Å². The lowest BCUT2D eigenvalue weighted by molar-refractivity contribution is 0.151. The Bertz CT molecular complexity index is 713. The molecule has 2 atom stereocenters. The summed E-state index contributed by atoms with van der Waals surface area (Å²) < 4.78 is 0. The maximum absolute atomic E-state index is 10.6. The second-order valence-corrected chi connectivity index (χ2v) is 5.99. The summed E-state index contributed by atoms with van der Waals surface area (Å²) in [6, 6.07) is 30.6. The van der Waals surface area contributed by atoms with E-state index < -0.39 is 6.10 Å². The van der Waals surface area contributed by atoms with Crippen molar-refractivity contribution >= 4 is 0 Å². The Morgan fingerprint density at radius 3 is 1.75 bits per heavy atom. The standard InChI is InChI=1S/C22H23NO/c24-22(20-14-8-3-9-15-20)16-21(19-12-6-2-7-13-19)23-17-18-10-4-1-5-11-18/h1-15,21-24H,16-17H2/t21-,22-/m0/s1. The molecule has 0 aromatic heterocycles. The van der Waals surface area contributed by atoms with E-state index in [4.69, 9.17) is 0 Å². The number of aliphatic hydroxyl groups excluding tert-OH is 1. The number of hydrogen-bond acceptors (Lipinski definition) is 2. The first-order valence-electron chi connectivity index (χ1n) is 8.38. The third-order valence-corrected chi connectivity index (χ3v) is 4.24. The molecule has 0 aliphatic heterocycles. The molecule has 0 amide bonds. The lowest BCUT2D eigenvalue weighted by Gasteiger charge is -2.23. The highest BCUT2D eigenvalue weighted by molar-refractivity contribution is 5.23. The maximum Gasteiger partial charge on any atom is 0.0808 e. The van der Waals surface area contributed by atoms with E-state index in [0.29, 0.717) is 6.42 Å². The van der Waals surface area contributed by atoms with Crippen LogP contribution in [0.5, 0.6) is 0 Å². The van der Waals surface area contributed by atoms with Crippen LogP contribution in [0, 0.1) is 0 Å². The minimum absolute atomic E-state index is 0.0987. The first kappa shape index (κ1) is 16.4.